The largest absolute Gasteiger partial charge is 0.477 e. The second-order valence-corrected chi connectivity index (χ2v) is 5.43. The quantitative estimate of drug-likeness (QED) is 0.629. The van der Waals surface area contributed by atoms with Gasteiger partial charge in [0.05, 0.1) is 4.92 Å². The number of anilines is 1. The van der Waals surface area contributed by atoms with Crippen molar-refractivity contribution in [1.29, 1.82) is 0 Å². The molecule has 21 heavy (non-hydrogen) atoms. The van der Waals surface area contributed by atoms with Crippen molar-refractivity contribution < 1.29 is 19.6 Å². The molecule has 0 spiro atoms. The molecule has 0 unspecified atom stereocenters. The Morgan fingerprint density at radius 3 is 2.81 bits per heavy atom. The fraction of sp³-hybridized carbons (Fsp3) is 0.538. The highest BCUT2D eigenvalue weighted by atomic mass is 16.6. The Balaban J connectivity index is 2.12. The summed E-state index contributed by atoms with van der Waals surface area (Å²) in [5.41, 5.74) is -0.828. The maximum atomic E-state index is 11.1. The van der Waals surface area contributed by atoms with Crippen LogP contribution in [0.4, 0.5) is 11.5 Å². The van der Waals surface area contributed by atoms with Gasteiger partial charge in [0.25, 0.3) is 0 Å². The van der Waals surface area contributed by atoms with E-state index in [0.29, 0.717) is 25.6 Å². The smallest absolute Gasteiger partial charge is 0.342 e. The van der Waals surface area contributed by atoms with Gasteiger partial charge < -0.3 is 15.2 Å². The number of rotatable bonds is 5. The Kier molecular flexibility index (Phi) is 4.37. The van der Waals surface area contributed by atoms with E-state index in [1.54, 1.807) is 0 Å². The minimum atomic E-state index is -1.34. The predicted octanol–water partition coefficient (Wildman–Crippen LogP) is 1.92. The van der Waals surface area contributed by atoms with E-state index in [2.05, 4.69) is 17.2 Å². The molecule has 8 heteroatoms. The van der Waals surface area contributed by atoms with Gasteiger partial charge in [-0.1, -0.05) is 6.92 Å². The van der Waals surface area contributed by atoms with Crippen molar-refractivity contribution in [2.75, 3.05) is 25.1 Å². The molecule has 114 valence electrons. The fourth-order valence-electron chi connectivity index (χ4n) is 2.21. The van der Waals surface area contributed by atoms with E-state index in [1.165, 1.54) is 6.07 Å². The van der Waals surface area contributed by atoms with E-state index in [1.807, 2.05) is 0 Å². The molecule has 8 nitrogen and oxygen atoms in total. The highest BCUT2D eigenvalue weighted by Crippen LogP contribution is 2.30. The summed E-state index contributed by atoms with van der Waals surface area (Å²) in [6, 6.07) is 1.20. The number of hydrogen-bond acceptors (Lipinski definition) is 6. The number of carboxylic acids is 1. The van der Waals surface area contributed by atoms with Crippen LogP contribution in [-0.2, 0) is 4.74 Å². The average Bonchev–Trinajstić information content (AvgIpc) is 2.45. The lowest BCUT2D eigenvalue weighted by Gasteiger charge is -2.33. The molecule has 2 rings (SSSR count). The molecule has 0 bridgehead atoms. The molecule has 0 radical (unpaired) electrons. The Morgan fingerprint density at radius 2 is 2.24 bits per heavy atom. The summed E-state index contributed by atoms with van der Waals surface area (Å²) in [5, 5.41) is 22.9. The van der Waals surface area contributed by atoms with Crippen LogP contribution in [0.5, 0.6) is 0 Å². The molecular formula is C13H17N3O5. The number of nitrogens with zero attached hydrogens (tertiary/aromatic N) is 2. The van der Waals surface area contributed by atoms with Crippen LogP contribution in [0, 0.1) is 15.5 Å². The van der Waals surface area contributed by atoms with Crippen LogP contribution in [-0.4, -0.2) is 40.7 Å². The Morgan fingerprint density at radius 1 is 1.57 bits per heavy atom. The van der Waals surface area contributed by atoms with Gasteiger partial charge in [0.2, 0.25) is 0 Å². The lowest BCUT2D eigenvalue weighted by molar-refractivity contribution is -0.385. The van der Waals surface area contributed by atoms with Crippen molar-refractivity contribution in [1.82, 2.24) is 4.98 Å². The van der Waals surface area contributed by atoms with Crippen molar-refractivity contribution in [3.05, 3.63) is 27.9 Å². The molecule has 0 amide bonds. The van der Waals surface area contributed by atoms with E-state index in [-0.39, 0.29) is 11.0 Å². The van der Waals surface area contributed by atoms with Crippen molar-refractivity contribution in [2.45, 2.75) is 19.8 Å². The standard InChI is InChI=1S/C13H17N3O5/c1-13(2-4-21-5-3-13)8-15-11-6-9(12(17)18)10(7-14-11)16(19)20/h6-7H,2-5,8H2,1H3,(H,14,15)(H,17,18). The van der Waals surface area contributed by atoms with Crippen LogP contribution in [0.2, 0.25) is 0 Å². The maximum Gasteiger partial charge on any atom is 0.342 e. The van der Waals surface area contributed by atoms with Crippen molar-refractivity contribution >= 4 is 17.5 Å². The van der Waals surface area contributed by atoms with E-state index >= 15 is 0 Å². The van der Waals surface area contributed by atoms with Crippen LogP contribution >= 0.6 is 0 Å². The van der Waals surface area contributed by atoms with Gasteiger partial charge in [0.15, 0.2) is 0 Å². The molecule has 2 N–H and O–H groups in total. The molecule has 1 aliphatic rings. The number of carboxylic acid groups (broad SMARTS) is 1. The van der Waals surface area contributed by atoms with E-state index in [9.17, 15) is 14.9 Å². The molecular weight excluding hydrogens is 278 g/mol. The van der Waals surface area contributed by atoms with Crippen molar-refractivity contribution in [3.8, 4) is 0 Å². The topological polar surface area (TPSA) is 115 Å². The Bertz CT molecular complexity index is 555. The Hall–Kier alpha value is -2.22. The number of aromatic carboxylic acids is 1. The third-order valence-electron chi connectivity index (χ3n) is 3.71. The molecule has 1 fully saturated rings. The molecule has 0 aliphatic carbocycles. The van der Waals surface area contributed by atoms with Crippen LogP contribution in [0.3, 0.4) is 0 Å². The van der Waals surface area contributed by atoms with Gasteiger partial charge in [-0.15, -0.1) is 0 Å². The summed E-state index contributed by atoms with van der Waals surface area (Å²) in [6.45, 7) is 4.13. The Labute approximate surface area is 121 Å². The summed E-state index contributed by atoms with van der Waals surface area (Å²) in [5.74, 6) is -1.02. The van der Waals surface area contributed by atoms with E-state index < -0.39 is 16.6 Å². The highest BCUT2D eigenvalue weighted by Gasteiger charge is 2.28. The average molecular weight is 295 g/mol. The maximum absolute atomic E-state index is 11.1. The molecule has 2 heterocycles. The first-order chi connectivity index (χ1) is 9.91. The number of carbonyl (C=O) groups is 1. The number of hydrogen-bond donors (Lipinski definition) is 2. The number of aromatic nitrogens is 1. The number of nitro groups is 1. The van der Waals surface area contributed by atoms with Gasteiger partial charge in [-0.05, 0) is 18.3 Å². The van der Waals surface area contributed by atoms with Gasteiger partial charge in [-0.3, -0.25) is 10.1 Å². The third kappa shape index (κ3) is 3.66. The van der Waals surface area contributed by atoms with Gasteiger partial charge in [0.1, 0.15) is 17.6 Å². The van der Waals surface area contributed by atoms with Crippen molar-refractivity contribution in [3.63, 3.8) is 0 Å². The lowest BCUT2D eigenvalue weighted by atomic mass is 9.82. The minimum Gasteiger partial charge on any atom is -0.477 e. The number of ether oxygens (including phenoxy) is 1. The van der Waals surface area contributed by atoms with Gasteiger partial charge in [-0.25, -0.2) is 9.78 Å². The molecule has 1 aromatic rings. The van der Waals surface area contributed by atoms with Crippen LogP contribution in [0.25, 0.3) is 0 Å². The second-order valence-electron chi connectivity index (χ2n) is 5.43. The predicted molar refractivity (Wildman–Crippen MR) is 74.5 cm³/mol. The SMILES string of the molecule is CC1(CNc2cc(C(=O)O)c([N+](=O)[O-])cn2)CCOCC1. The number of pyridine rings is 1. The fourth-order valence-corrected chi connectivity index (χ4v) is 2.21. The van der Waals surface area contributed by atoms with Crippen molar-refractivity contribution in [2.24, 2.45) is 5.41 Å². The molecule has 1 aliphatic heterocycles. The van der Waals surface area contributed by atoms with Crippen LogP contribution in [0.1, 0.15) is 30.1 Å². The third-order valence-corrected chi connectivity index (χ3v) is 3.71. The van der Waals surface area contributed by atoms with E-state index in [0.717, 1.165) is 19.0 Å². The first-order valence-corrected chi connectivity index (χ1v) is 6.61. The second kappa shape index (κ2) is 6.04. The highest BCUT2D eigenvalue weighted by molar-refractivity contribution is 5.93. The zero-order chi connectivity index (χ0) is 15.5. The minimum absolute atomic E-state index is 0.0467. The summed E-state index contributed by atoms with van der Waals surface area (Å²) in [7, 11) is 0. The van der Waals surface area contributed by atoms with Gasteiger partial charge in [0, 0.05) is 25.8 Å². The summed E-state index contributed by atoms with van der Waals surface area (Å²) < 4.78 is 5.31. The molecule has 0 atom stereocenters. The lowest BCUT2D eigenvalue weighted by Crippen LogP contribution is -2.33. The summed E-state index contributed by atoms with van der Waals surface area (Å²) in [6.07, 6.45) is 2.77. The molecule has 0 aromatic carbocycles. The molecule has 1 saturated heterocycles. The first kappa shape index (κ1) is 15.2. The number of nitrogens with one attached hydrogen (secondary N) is 1. The molecule has 1 aromatic heterocycles. The zero-order valence-electron chi connectivity index (χ0n) is 11.7. The first-order valence-electron chi connectivity index (χ1n) is 6.61. The zero-order valence-corrected chi connectivity index (χ0v) is 11.7. The summed E-state index contributed by atoms with van der Waals surface area (Å²) in [4.78, 5) is 25.0. The van der Waals surface area contributed by atoms with Crippen LogP contribution < -0.4 is 5.32 Å². The van der Waals surface area contributed by atoms with Crippen LogP contribution in [0.15, 0.2) is 12.3 Å². The normalized spacial score (nSPS) is 17.2. The van der Waals surface area contributed by atoms with E-state index in [4.69, 9.17) is 9.84 Å². The van der Waals surface area contributed by atoms with Gasteiger partial charge >= 0.3 is 11.7 Å². The van der Waals surface area contributed by atoms with Gasteiger partial charge in [-0.2, -0.15) is 0 Å². The summed E-state index contributed by atoms with van der Waals surface area (Å²) >= 11 is 0. The monoisotopic (exact) mass is 295 g/mol. The molecule has 0 saturated carbocycles.